The Morgan fingerprint density at radius 1 is 1.16 bits per heavy atom. The van der Waals surface area contributed by atoms with Gasteiger partial charge >= 0.3 is 5.69 Å². The lowest BCUT2D eigenvalue weighted by Crippen LogP contribution is -2.43. The number of benzene rings is 2. The third-order valence-electron chi connectivity index (χ3n) is 4.54. The number of hydrogen-bond acceptors (Lipinski definition) is 3. The van der Waals surface area contributed by atoms with Gasteiger partial charge in [0.15, 0.2) is 0 Å². The molecule has 0 atom stereocenters. The van der Waals surface area contributed by atoms with E-state index in [4.69, 9.17) is 11.6 Å². The Morgan fingerprint density at radius 2 is 1.96 bits per heavy atom. The molecule has 3 aromatic rings. The van der Waals surface area contributed by atoms with Crippen molar-refractivity contribution in [2.75, 3.05) is 31.1 Å². The number of aromatic nitrogens is 2. The number of rotatable bonds is 3. The third kappa shape index (κ3) is 3.03. The van der Waals surface area contributed by atoms with Crippen molar-refractivity contribution in [3.05, 3.63) is 63.3 Å². The quantitative estimate of drug-likeness (QED) is 0.755. The summed E-state index contributed by atoms with van der Waals surface area (Å²) in [6.45, 7) is 3.81. The van der Waals surface area contributed by atoms with E-state index in [1.165, 1.54) is 12.1 Å². The Hall–Kier alpha value is -2.31. The Kier molecular flexibility index (Phi) is 4.23. The fourth-order valence-corrected chi connectivity index (χ4v) is 3.62. The topological polar surface area (TPSA) is 53.1 Å². The highest BCUT2D eigenvalue weighted by molar-refractivity contribution is 6.35. The van der Waals surface area contributed by atoms with Gasteiger partial charge < -0.3 is 15.2 Å². The predicted molar refractivity (Wildman–Crippen MR) is 98.2 cm³/mol. The van der Waals surface area contributed by atoms with Gasteiger partial charge in [0.1, 0.15) is 5.82 Å². The van der Waals surface area contributed by atoms with Crippen LogP contribution in [0.2, 0.25) is 5.02 Å². The smallest absolute Gasteiger partial charge is 0.326 e. The highest BCUT2D eigenvalue weighted by Crippen LogP contribution is 2.30. The van der Waals surface area contributed by atoms with Crippen molar-refractivity contribution < 1.29 is 4.39 Å². The van der Waals surface area contributed by atoms with E-state index < -0.39 is 0 Å². The standard InChI is InChI=1S/C18H18ClFN4O/c19-14-4-5-15(23-8-6-21-7-9-23)16-17(14)24(18(25)22-16)11-12-2-1-3-13(20)10-12/h1-5,10,21H,6-9,11H2,(H,22,25). The van der Waals surface area contributed by atoms with Crippen molar-refractivity contribution in [2.24, 2.45) is 0 Å². The minimum atomic E-state index is -0.321. The monoisotopic (exact) mass is 360 g/mol. The van der Waals surface area contributed by atoms with Gasteiger partial charge in [0.25, 0.3) is 0 Å². The Balaban J connectivity index is 1.82. The van der Waals surface area contributed by atoms with Crippen LogP contribution in [-0.4, -0.2) is 35.7 Å². The first-order valence-electron chi connectivity index (χ1n) is 8.24. The summed E-state index contributed by atoms with van der Waals surface area (Å²) in [6.07, 6.45) is 0. The van der Waals surface area contributed by atoms with Crippen molar-refractivity contribution in [2.45, 2.75) is 6.54 Å². The number of nitrogens with one attached hydrogen (secondary N) is 2. The summed E-state index contributed by atoms with van der Waals surface area (Å²) in [5.74, 6) is -0.321. The highest BCUT2D eigenvalue weighted by Gasteiger charge is 2.19. The van der Waals surface area contributed by atoms with Gasteiger partial charge in [-0.15, -0.1) is 0 Å². The molecule has 5 nitrogen and oxygen atoms in total. The number of aromatic amines is 1. The average Bonchev–Trinajstić information content (AvgIpc) is 2.93. The Morgan fingerprint density at radius 3 is 2.72 bits per heavy atom. The number of hydrogen-bond donors (Lipinski definition) is 2. The normalized spacial score (nSPS) is 15.0. The number of anilines is 1. The van der Waals surface area contributed by atoms with Crippen LogP contribution < -0.4 is 15.9 Å². The molecule has 0 amide bonds. The van der Waals surface area contributed by atoms with Gasteiger partial charge in [-0.1, -0.05) is 23.7 Å². The van der Waals surface area contributed by atoms with E-state index in [9.17, 15) is 9.18 Å². The molecule has 0 spiro atoms. The summed E-state index contributed by atoms with van der Waals surface area (Å²) in [4.78, 5) is 17.7. The minimum Gasteiger partial charge on any atom is -0.367 e. The largest absolute Gasteiger partial charge is 0.367 e. The zero-order chi connectivity index (χ0) is 17.4. The summed E-state index contributed by atoms with van der Waals surface area (Å²) < 4.78 is 15.0. The SMILES string of the molecule is O=c1[nH]c2c(N3CCNCC3)ccc(Cl)c2n1Cc1cccc(F)c1. The van der Waals surface area contributed by atoms with Crippen LogP contribution in [-0.2, 0) is 6.54 Å². The molecule has 1 saturated heterocycles. The Labute approximate surface area is 149 Å². The number of nitrogens with zero attached hydrogens (tertiary/aromatic N) is 2. The van der Waals surface area contributed by atoms with E-state index in [1.807, 2.05) is 12.1 Å². The maximum absolute atomic E-state index is 13.5. The maximum atomic E-state index is 13.5. The molecule has 2 aromatic carbocycles. The second kappa shape index (κ2) is 6.54. The molecule has 7 heteroatoms. The van der Waals surface area contributed by atoms with E-state index >= 15 is 0 Å². The fourth-order valence-electron chi connectivity index (χ4n) is 3.36. The van der Waals surface area contributed by atoms with Gasteiger partial charge in [-0.05, 0) is 29.8 Å². The zero-order valence-corrected chi connectivity index (χ0v) is 14.3. The van der Waals surface area contributed by atoms with E-state index in [0.29, 0.717) is 16.1 Å². The molecule has 4 rings (SSSR count). The summed E-state index contributed by atoms with van der Waals surface area (Å²) >= 11 is 6.40. The molecule has 0 radical (unpaired) electrons. The van der Waals surface area contributed by atoms with Crippen molar-refractivity contribution >= 4 is 28.3 Å². The molecule has 1 fully saturated rings. The van der Waals surface area contributed by atoms with Gasteiger partial charge in [0, 0.05) is 26.2 Å². The van der Waals surface area contributed by atoms with Crippen LogP contribution in [0.1, 0.15) is 5.56 Å². The predicted octanol–water partition coefficient (Wildman–Crippen LogP) is 2.58. The van der Waals surface area contributed by atoms with Gasteiger partial charge in [0.2, 0.25) is 0 Å². The van der Waals surface area contributed by atoms with Crippen LogP contribution >= 0.6 is 11.6 Å². The maximum Gasteiger partial charge on any atom is 0.326 e. The molecule has 1 aliphatic rings. The lowest BCUT2D eigenvalue weighted by Gasteiger charge is -2.29. The zero-order valence-electron chi connectivity index (χ0n) is 13.6. The van der Waals surface area contributed by atoms with Crippen LogP contribution in [0.3, 0.4) is 0 Å². The van der Waals surface area contributed by atoms with Crippen molar-refractivity contribution in [3.8, 4) is 0 Å². The molecule has 1 aliphatic heterocycles. The highest BCUT2D eigenvalue weighted by atomic mass is 35.5. The number of imidazole rings is 1. The van der Waals surface area contributed by atoms with Gasteiger partial charge in [-0.25, -0.2) is 9.18 Å². The average molecular weight is 361 g/mol. The minimum absolute atomic E-state index is 0.247. The van der Waals surface area contributed by atoms with Crippen molar-refractivity contribution in [1.29, 1.82) is 0 Å². The first kappa shape index (κ1) is 16.2. The molecule has 0 unspecified atom stereocenters. The third-order valence-corrected chi connectivity index (χ3v) is 4.85. The first-order chi connectivity index (χ1) is 12.1. The van der Waals surface area contributed by atoms with Gasteiger partial charge in [0.05, 0.1) is 28.3 Å². The van der Waals surface area contributed by atoms with Crippen LogP contribution in [0.25, 0.3) is 11.0 Å². The fraction of sp³-hybridized carbons (Fsp3) is 0.278. The summed E-state index contributed by atoms with van der Waals surface area (Å²) in [5, 5.41) is 3.82. The molecular weight excluding hydrogens is 343 g/mol. The number of fused-ring (bicyclic) bond motifs is 1. The van der Waals surface area contributed by atoms with Crippen LogP contribution in [0, 0.1) is 5.82 Å². The van der Waals surface area contributed by atoms with Crippen LogP contribution in [0.15, 0.2) is 41.2 Å². The molecule has 1 aromatic heterocycles. The summed E-state index contributed by atoms with van der Waals surface area (Å²) in [7, 11) is 0. The number of piperazine rings is 1. The molecule has 0 bridgehead atoms. The molecule has 0 saturated carbocycles. The molecule has 2 N–H and O–H groups in total. The summed E-state index contributed by atoms with van der Waals surface area (Å²) in [5.41, 5.74) is 2.83. The molecule has 25 heavy (non-hydrogen) atoms. The van der Waals surface area contributed by atoms with E-state index in [1.54, 1.807) is 16.7 Å². The Bertz CT molecular complexity index is 975. The second-order valence-corrected chi connectivity index (χ2v) is 6.58. The summed E-state index contributed by atoms with van der Waals surface area (Å²) in [6, 6.07) is 10.0. The number of H-pyrrole nitrogens is 1. The molecule has 2 heterocycles. The van der Waals surface area contributed by atoms with Gasteiger partial charge in [-0.3, -0.25) is 4.57 Å². The molecule has 0 aliphatic carbocycles. The van der Waals surface area contributed by atoms with E-state index in [2.05, 4.69) is 15.2 Å². The lowest BCUT2D eigenvalue weighted by atomic mass is 10.2. The van der Waals surface area contributed by atoms with Crippen molar-refractivity contribution in [3.63, 3.8) is 0 Å². The number of halogens is 2. The lowest BCUT2D eigenvalue weighted by molar-refractivity contribution is 0.590. The first-order valence-corrected chi connectivity index (χ1v) is 8.62. The van der Waals surface area contributed by atoms with Crippen LogP contribution in [0.4, 0.5) is 10.1 Å². The molecular formula is C18H18ClFN4O. The molecule has 130 valence electrons. The van der Waals surface area contributed by atoms with Crippen LogP contribution in [0.5, 0.6) is 0 Å². The van der Waals surface area contributed by atoms with Crippen molar-refractivity contribution in [1.82, 2.24) is 14.9 Å². The second-order valence-electron chi connectivity index (χ2n) is 6.17. The van der Waals surface area contributed by atoms with Gasteiger partial charge in [-0.2, -0.15) is 0 Å². The van der Waals surface area contributed by atoms with E-state index in [0.717, 1.165) is 37.4 Å². The van der Waals surface area contributed by atoms with E-state index in [-0.39, 0.29) is 18.1 Å².